The fraction of sp³-hybridized carbons (Fsp3) is 0.370. The van der Waals surface area contributed by atoms with E-state index in [0.29, 0.717) is 43.9 Å². The maximum Gasteiger partial charge on any atom is 0.318 e. The number of fused-ring (bicyclic) bond motifs is 1. The van der Waals surface area contributed by atoms with Crippen LogP contribution in [0.3, 0.4) is 0 Å². The van der Waals surface area contributed by atoms with E-state index in [2.05, 4.69) is 16.0 Å². The molecule has 6 amide bonds. The Kier molecular flexibility index (Phi) is 7.36. The Hall–Kier alpha value is -4.25. The van der Waals surface area contributed by atoms with Gasteiger partial charge in [0.2, 0.25) is 17.7 Å². The van der Waals surface area contributed by atoms with Gasteiger partial charge in [-0.15, -0.1) is 0 Å². The van der Waals surface area contributed by atoms with Gasteiger partial charge >= 0.3 is 6.03 Å². The number of nitrogens with zero attached hydrogens (tertiary/aromatic N) is 2. The Morgan fingerprint density at radius 1 is 1.05 bits per heavy atom. The smallest absolute Gasteiger partial charge is 0.318 e. The largest absolute Gasteiger partial charge is 0.378 e. The van der Waals surface area contributed by atoms with Crippen LogP contribution in [-0.4, -0.2) is 71.8 Å². The molecule has 38 heavy (non-hydrogen) atoms. The second kappa shape index (κ2) is 11.0. The first-order chi connectivity index (χ1) is 18.4. The number of hydrogen-bond acceptors (Lipinski definition) is 6. The van der Waals surface area contributed by atoms with Crippen molar-refractivity contribution in [3.05, 3.63) is 70.8 Å². The second-order valence-corrected chi connectivity index (χ2v) is 9.50. The molecule has 0 spiro atoms. The van der Waals surface area contributed by atoms with Gasteiger partial charge in [-0.05, 0) is 29.2 Å². The summed E-state index contributed by atoms with van der Waals surface area (Å²) < 4.78 is 5.31. The van der Waals surface area contributed by atoms with E-state index in [4.69, 9.17) is 4.74 Å². The Morgan fingerprint density at radius 3 is 2.55 bits per heavy atom. The molecule has 0 radical (unpaired) electrons. The van der Waals surface area contributed by atoms with Crippen molar-refractivity contribution in [1.29, 1.82) is 0 Å². The van der Waals surface area contributed by atoms with Gasteiger partial charge in [-0.3, -0.25) is 24.5 Å². The third kappa shape index (κ3) is 5.37. The highest BCUT2D eigenvalue weighted by Gasteiger charge is 2.39. The number of benzene rings is 2. The van der Waals surface area contributed by atoms with E-state index in [0.717, 1.165) is 11.1 Å². The number of imide groups is 1. The third-order valence-corrected chi connectivity index (χ3v) is 7.02. The van der Waals surface area contributed by atoms with Gasteiger partial charge in [-0.2, -0.15) is 0 Å². The van der Waals surface area contributed by atoms with Gasteiger partial charge < -0.3 is 25.2 Å². The molecule has 11 heteroatoms. The molecule has 2 unspecified atom stereocenters. The summed E-state index contributed by atoms with van der Waals surface area (Å²) in [5.41, 5.74) is 2.70. The molecule has 0 saturated carbocycles. The highest BCUT2D eigenvalue weighted by atomic mass is 16.5. The Labute approximate surface area is 219 Å². The predicted octanol–water partition coefficient (Wildman–Crippen LogP) is 0.847. The van der Waals surface area contributed by atoms with Crippen LogP contribution in [0.1, 0.15) is 45.9 Å². The molecule has 2 fully saturated rings. The van der Waals surface area contributed by atoms with E-state index in [1.807, 2.05) is 24.3 Å². The van der Waals surface area contributed by atoms with Crippen molar-refractivity contribution in [3.8, 4) is 0 Å². The minimum atomic E-state index is -0.884. The standard InChI is InChI=1S/C27H29N5O6/c33-22-9-8-21(24(34)29-22)32-16-19-14-17(6-7-20(19)26(32)36)15-28-25(35)23(18-4-2-1-3-5-18)30-27(37)31-10-12-38-13-11-31/h1-7,14,21,23H,8-13,15-16H2,(H,28,35)(H,30,37)(H,29,33,34). The van der Waals surface area contributed by atoms with E-state index < -0.39 is 18.0 Å². The minimum absolute atomic E-state index is 0.190. The lowest BCUT2D eigenvalue weighted by Gasteiger charge is -2.29. The van der Waals surface area contributed by atoms with Crippen molar-refractivity contribution in [2.75, 3.05) is 26.3 Å². The molecule has 3 aliphatic heterocycles. The monoisotopic (exact) mass is 519 g/mol. The highest BCUT2D eigenvalue weighted by molar-refractivity contribution is 6.05. The van der Waals surface area contributed by atoms with Crippen LogP contribution in [0.4, 0.5) is 4.79 Å². The van der Waals surface area contributed by atoms with Crippen LogP contribution in [0.5, 0.6) is 0 Å². The zero-order valence-corrected chi connectivity index (χ0v) is 20.8. The summed E-state index contributed by atoms with van der Waals surface area (Å²) in [5, 5.41) is 8.04. The normalized spacial score (nSPS) is 20.0. The van der Waals surface area contributed by atoms with Crippen molar-refractivity contribution in [3.63, 3.8) is 0 Å². The molecule has 2 aromatic carbocycles. The Balaban J connectivity index is 1.25. The molecule has 11 nitrogen and oxygen atoms in total. The van der Waals surface area contributed by atoms with Gasteiger partial charge in [0.15, 0.2) is 0 Å². The molecule has 3 aliphatic rings. The maximum atomic E-state index is 13.2. The number of nitrogens with one attached hydrogen (secondary N) is 3. The SMILES string of the molecule is O=C1CCC(N2Cc3cc(CNC(=O)C(NC(=O)N4CCOCC4)c4ccccc4)ccc3C2=O)C(=O)N1. The van der Waals surface area contributed by atoms with Crippen LogP contribution in [-0.2, 0) is 32.2 Å². The van der Waals surface area contributed by atoms with Crippen LogP contribution in [0.2, 0.25) is 0 Å². The zero-order valence-electron chi connectivity index (χ0n) is 20.8. The van der Waals surface area contributed by atoms with E-state index in [9.17, 15) is 24.0 Å². The predicted molar refractivity (Wildman–Crippen MR) is 134 cm³/mol. The third-order valence-electron chi connectivity index (χ3n) is 7.02. The van der Waals surface area contributed by atoms with E-state index in [1.165, 1.54) is 4.90 Å². The number of ether oxygens (including phenoxy) is 1. The van der Waals surface area contributed by atoms with E-state index in [-0.39, 0.29) is 43.3 Å². The van der Waals surface area contributed by atoms with Gasteiger partial charge in [-0.25, -0.2) is 4.79 Å². The molecule has 3 N–H and O–H groups in total. The summed E-state index contributed by atoms with van der Waals surface area (Å²) in [6, 6.07) is 12.4. The van der Waals surface area contributed by atoms with Crippen LogP contribution in [0.25, 0.3) is 0 Å². The van der Waals surface area contributed by atoms with Gasteiger partial charge in [0.05, 0.1) is 13.2 Å². The molecule has 2 atom stereocenters. The highest BCUT2D eigenvalue weighted by Crippen LogP contribution is 2.28. The Bertz CT molecular complexity index is 1260. The maximum absolute atomic E-state index is 13.2. The number of urea groups is 1. The average Bonchev–Trinajstić information content (AvgIpc) is 3.26. The molecule has 198 valence electrons. The topological polar surface area (TPSA) is 137 Å². The lowest BCUT2D eigenvalue weighted by atomic mass is 10.0. The summed E-state index contributed by atoms with van der Waals surface area (Å²) in [7, 11) is 0. The fourth-order valence-electron chi connectivity index (χ4n) is 4.96. The number of piperidine rings is 1. The summed E-state index contributed by atoms with van der Waals surface area (Å²) in [6.45, 7) is 2.27. The molecule has 2 aromatic rings. The van der Waals surface area contributed by atoms with Crippen LogP contribution < -0.4 is 16.0 Å². The van der Waals surface area contributed by atoms with Crippen LogP contribution in [0, 0.1) is 0 Å². The molecule has 0 bridgehead atoms. The number of carbonyl (C=O) groups excluding carboxylic acids is 5. The number of rotatable bonds is 6. The molecule has 2 saturated heterocycles. The summed E-state index contributed by atoms with van der Waals surface area (Å²) in [6.07, 6.45) is 0.489. The fourth-order valence-corrected chi connectivity index (χ4v) is 4.96. The first kappa shape index (κ1) is 25.4. The minimum Gasteiger partial charge on any atom is -0.378 e. The molecule has 0 aromatic heterocycles. The number of hydrogen-bond donors (Lipinski definition) is 3. The van der Waals surface area contributed by atoms with Gasteiger partial charge in [-0.1, -0.05) is 42.5 Å². The van der Waals surface area contributed by atoms with Gasteiger partial charge in [0.1, 0.15) is 12.1 Å². The lowest BCUT2D eigenvalue weighted by molar-refractivity contribution is -0.137. The Morgan fingerprint density at radius 2 is 1.82 bits per heavy atom. The molecule has 3 heterocycles. The van der Waals surface area contributed by atoms with Crippen molar-refractivity contribution < 1.29 is 28.7 Å². The van der Waals surface area contributed by atoms with Crippen LogP contribution in [0.15, 0.2) is 48.5 Å². The zero-order chi connectivity index (χ0) is 26.6. The van der Waals surface area contributed by atoms with Crippen LogP contribution >= 0.6 is 0 Å². The van der Waals surface area contributed by atoms with Crippen molar-refractivity contribution in [2.24, 2.45) is 0 Å². The number of carbonyl (C=O) groups is 5. The van der Waals surface area contributed by atoms with Crippen molar-refractivity contribution in [1.82, 2.24) is 25.8 Å². The molecular formula is C27H29N5O6. The van der Waals surface area contributed by atoms with Gasteiger partial charge in [0.25, 0.3) is 5.91 Å². The summed E-state index contributed by atoms with van der Waals surface area (Å²) >= 11 is 0. The van der Waals surface area contributed by atoms with Gasteiger partial charge in [0, 0.05) is 38.2 Å². The first-order valence-corrected chi connectivity index (χ1v) is 12.6. The van der Waals surface area contributed by atoms with Crippen molar-refractivity contribution >= 4 is 29.7 Å². The molecule has 0 aliphatic carbocycles. The average molecular weight is 520 g/mol. The summed E-state index contributed by atoms with van der Waals surface area (Å²) in [5.74, 6) is -1.40. The van der Waals surface area contributed by atoms with E-state index >= 15 is 0 Å². The molecule has 5 rings (SSSR count). The first-order valence-electron chi connectivity index (χ1n) is 12.6. The molecular weight excluding hydrogens is 490 g/mol. The van der Waals surface area contributed by atoms with Crippen molar-refractivity contribution in [2.45, 2.75) is 38.0 Å². The van der Waals surface area contributed by atoms with E-state index in [1.54, 1.807) is 29.2 Å². The number of amides is 6. The summed E-state index contributed by atoms with van der Waals surface area (Å²) in [4.78, 5) is 65.8. The lowest BCUT2D eigenvalue weighted by Crippen LogP contribution is -2.52. The quantitative estimate of drug-likeness (QED) is 0.484. The number of morpholine rings is 1. The second-order valence-electron chi connectivity index (χ2n) is 9.50.